The number of unbranched alkanes of at least 4 members (excludes halogenated alkanes) is 1. The first-order valence-electron chi connectivity index (χ1n) is 7.56. The molecule has 2 nitrogen and oxygen atoms in total. The van der Waals surface area contributed by atoms with Crippen molar-refractivity contribution < 1.29 is 0 Å². The van der Waals surface area contributed by atoms with Crippen LogP contribution in [0.2, 0.25) is 0 Å². The molecule has 0 aliphatic carbocycles. The van der Waals surface area contributed by atoms with E-state index in [1.54, 1.807) is 0 Å². The molecule has 1 aromatic heterocycles. The molecule has 21 heavy (non-hydrogen) atoms. The number of anilines is 2. The van der Waals surface area contributed by atoms with Crippen LogP contribution < -0.4 is 4.90 Å². The Kier molecular flexibility index (Phi) is 4.15. The molecule has 0 amide bonds. The first kappa shape index (κ1) is 13.6. The van der Waals surface area contributed by atoms with E-state index in [1.807, 2.05) is 12.3 Å². The molecule has 0 bridgehead atoms. The summed E-state index contributed by atoms with van der Waals surface area (Å²) in [4.78, 5) is 6.87. The molecule has 106 valence electrons. The molecule has 0 aliphatic rings. The van der Waals surface area contributed by atoms with Crippen LogP contribution in [0.4, 0.5) is 11.4 Å². The lowest BCUT2D eigenvalue weighted by Crippen LogP contribution is -2.18. The van der Waals surface area contributed by atoms with Crippen molar-refractivity contribution in [3.63, 3.8) is 0 Å². The zero-order valence-electron chi connectivity index (χ0n) is 12.4. The summed E-state index contributed by atoms with van der Waals surface area (Å²) in [5.41, 5.74) is 3.52. The fourth-order valence-corrected chi connectivity index (χ4v) is 2.64. The third-order valence-corrected chi connectivity index (χ3v) is 3.72. The van der Waals surface area contributed by atoms with Gasteiger partial charge in [0.25, 0.3) is 0 Å². The Hall–Kier alpha value is -2.35. The molecule has 0 aliphatic heterocycles. The van der Waals surface area contributed by atoms with Crippen LogP contribution in [0.3, 0.4) is 0 Å². The fourth-order valence-electron chi connectivity index (χ4n) is 2.64. The third-order valence-electron chi connectivity index (χ3n) is 3.72. The Bertz CT molecular complexity index is 702. The second kappa shape index (κ2) is 6.40. The Morgan fingerprint density at radius 3 is 2.57 bits per heavy atom. The summed E-state index contributed by atoms with van der Waals surface area (Å²) in [5, 5.41) is 1.21. The Morgan fingerprint density at radius 1 is 0.905 bits per heavy atom. The first-order valence-corrected chi connectivity index (χ1v) is 7.56. The van der Waals surface area contributed by atoms with Crippen molar-refractivity contribution in [1.82, 2.24) is 4.98 Å². The number of benzene rings is 2. The lowest BCUT2D eigenvalue weighted by Gasteiger charge is -2.26. The molecule has 0 unspecified atom stereocenters. The minimum atomic E-state index is 1.02. The van der Waals surface area contributed by atoms with Gasteiger partial charge in [-0.1, -0.05) is 37.6 Å². The van der Waals surface area contributed by atoms with Gasteiger partial charge in [0.05, 0.1) is 11.2 Å². The van der Waals surface area contributed by atoms with Gasteiger partial charge in [-0.3, -0.25) is 4.98 Å². The Balaban J connectivity index is 2.10. The van der Waals surface area contributed by atoms with E-state index in [9.17, 15) is 0 Å². The lowest BCUT2D eigenvalue weighted by atomic mass is 10.1. The third kappa shape index (κ3) is 2.89. The largest absolute Gasteiger partial charge is 0.341 e. The van der Waals surface area contributed by atoms with Crippen molar-refractivity contribution in [2.45, 2.75) is 19.8 Å². The minimum Gasteiger partial charge on any atom is -0.341 e. The van der Waals surface area contributed by atoms with Crippen molar-refractivity contribution in [2.24, 2.45) is 0 Å². The molecular formula is C19H20N2. The molecule has 1 heterocycles. The van der Waals surface area contributed by atoms with E-state index < -0.39 is 0 Å². The van der Waals surface area contributed by atoms with Crippen molar-refractivity contribution in [2.75, 3.05) is 11.4 Å². The van der Waals surface area contributed by atoms with Crippen LogP contribution in [-0.4, -0.2) is 11.5 Å². The number of pyridine rings is 1. The number of aromatic nitrogens is 1. The van der Waals surface area contributed by atoms with Crippen LogP contribution in [0.25, 0.3) is 10.9 Å². The molecule has 0 saturated heterocycles. The van der Waals surface area contributed by atoms with Gasteiger partial charge in [0.15, 0.2) is 0 Å². The molecular weight excluding hydrogens is 256 g/mol. The second-order valence-corrected chi connectivity index (χ2v) is 5.19. The topological polar surface area (TPSA) is 16.1 Å². The van der Waals surface area contributed by atoms with Gasteiger partial charge in [-0.15, -0.1) is 0 Å². The molecule has 2 heteroatoms. The van der Waals surface area contributed by atoms with Crippen LogP contribution in [0.5, 0.6) is 0 Å². The van der Waals surface area contributed by atoms with Crippen LogP contribution in [0, 0.1) is 0 Å². The van der Waals surface area contributed by atoms with Crippen LogP contribution in [0.15, 0.2) is 66.9 Å². The highest BCUT2D eigenvalue weighted by Crippen LogP contribution is 2.31. The maximum Gasteiger partial charge on any atom is 0.0722 e. The minimum absolute atomic E-state index is 1.02. The molecule has 0 N–H and O–H groups in total. The summed E-state index contributed by atoms with van der Waals surface area (Å²) >= 11 is 0. The van der Waals surface area contributed by atoms with Gasteiger partial charge >= 0.3 is 0 Å². The molecule has 0 fully saturated rings. The summed E-state index contributed by atoms with van der Waals surface area (Å²) in [7, 11) is 0. The zero-order valence-corrected chi connectivity index (χ0v) is 12.4. The van der Waals surface area contributed by atoms with E-state index in [-0.39, 0.29) is 0 Å². The lowest BCUT2D eigenvalue weighted by molar-refractivity contribution is 0.787. The summed E-state index contributed by atoms with van der Waals surface area (Å²) in [6, 6.07) is 21.1. The standard InChI is InChI=1S/C19H20N2/c1-2-3-15-21(16-9-5-4-6-10-16)19-13-7-12-18-17(19)11-8-14-20-18/h4-14H,2-3,15H2,1H3. The Morgan fingerprint density at radius 2 is 1.76 bits per heavy atom. The van der Waals surface area contributed by atoms with Crippen molar-refractivity contribution in [3.8, 4) is 0 Å². The highest BCUT2D eigenvalue weighted by molar-refractivity contribution is 5.93. The number of rotatable bonds is 5. The molecule has 3 rings (SSSR count). The van der Waals surface area contributed by atoms with Crippen molar-refractivity contribution in [3.05, 3.63) is 66.9 Å². The van der Waals surface area contributed by atoms with E-state index in [4.69, 9.17) is 0 Å². The van der Waals surface area contributed by atoms with E-state index in [0.717, 1.165) is 12.1 Å². The molecule has 0 spiro atoms. The predicted molar refractivity (Wildman–Crippen MR) is 90.1 cm³/mol. The Labute approximate surface area is 126 Å². The molecule has 2 aromatic carbocycles. The van der Waals surface area contributed by atoms with E-state index in [1.165, 1.54) is 29.6 Å². The highest BCUT2D eigenvalue weighted by Gasteiger charge is 2.11. The van der Waals surface area contributed by atoms with Gasteiger partial charge in [-0.2, -0.15) is 0 Å². The normalized spacial score (nSPS) is 10.7. The second-order valence-electron chi connectivity index (χ2n) is 5.19. The first-order chi connectivity index (χ1) is 10.4. The van der Waals surface area contributed by atoms with Crippen LogP contribution in [-0.2, 0) is 0 Å². The number of nitrogens with zero attached hydrogens (tertiary/aromatic N) is 2. The van der Waals surface area contributed by atoms with E-state index in [2.05, 4.69) is 71.4 Å². The fraction of sp³-hybridized carbons (Fsp3) is 0.211. The summed E-state index contributed by atoms with van der Waals surface area (Å²) < 4.78 is 0. The number of hydrogen-bond donors (Lipinski definition) is 0. The van der Waals surface area contributed by atoms with Gasteiger partial charge in [-0.05, 0) is 42.8 Å². The molecule has 3 aromatic rings. The highest BCUT2D eigenvalue weighted by atomic mass is 15.1. The number of hydrogen-bond acceptors (Lipinski definition) is 2. The van der Waals surface area contributed by atoms with Gasteiger partial charge in [0.1, 0.15) is 0 Å². The van der Waals surface area contributed by atoms with Crippen molar-refractivity contribution in [1.29, 1.82) is 0 Å². The van der Waals surface area contributed by atoms with Crippen molar-refractivity contribution >= 4 is 22.3 Å². The summed E-state index contributed by atoms with van der Waals surface area (Å²) in [6.07, 6.45) is 4.21. The average molecular weight is 276 g/mol. The summed E-state index contributed by atoms with van der Waals surface area (Å²) in [5.74, 6) is 0. The smallest absolute Gasteiger partial charge is 0.0722 e. The number of fused-ring (bicyclic) bond motifs is 1. The average Bonchev–Trinajstić information content (AvgIpc) is 2.56. The maximum absolute atomic E-state index is 4.47. The molecule has 0 saturated carbocycles. The predicted octanol–water partition coefficient (Wildman–Crippen LogP) is 5.17. The SMILES string of the molecule is CCCCN(c1ccccc1)c1cccc2ncccc12. The van der Waals surface area contributed by atoms with Gasteiger partial charge in [-0.25, -0.2) is 0 Å². The van der Waals surface area contributed by atoms with Crippen LogP contribution in [0.1, 0.15) is 19.8 Å². The van der Waals surface area contributed by atoms with E-state index in [0.29, 0.717) is 0 Å². The quantitative estimate of drug-likeness (QED) is 0.639. The molecule has 0 radical (unpaired) electrons. The molecule has 0 atom stereocenters. The van der Waals surface area contributed by atoms with Gasteiger partial charge in [0, 0.05) is 23.8 Å². The monoisotopic (exact) mass is 276 g/mol. The van der Waals surface area contributed by atoms with Gasteiger partial charge in [0.2, 0.25) is 0 Å². The van der Waals surface area contributed by atoms with Gasteiger partial charge < -0.3 is 4.90 Å². The summed E-state index contributed by atoms with van der Waals surface area (Å²) in [6.45, 7) is 3.25. The van der Waals surface area contributed by atoms with E-state index >= 15 is 0 Å². The zero-order chi connectivity index (χ0) is 14.5. The van der Waals surface area contributed by atoms with Crippen LogP contribution >= 0.6 is 0 Å². The maximum atomic E-state index is 4.47. The number of para-hydroxylation sites is 1.